The van der Waals surface area contributed by atoms with Gasteiger partial charge in [-0.2, -0.15) is 0 Å². The first kappa shape index (κ1) is 18.8. The predicted molar refractivity (Wildman–Crippen MR) is 102 cm³/mol. The smallest absolute Gasteiger partial charge is 0.226 e. The Balaban J connectivity index is 1.94. The van der Waals surface area contributed by atoms with Crippen LogP contribution >= 0.6 is 23.2 Å². The second-order valence-corrected chi connectivity index (χ2v) is 6.85. The summed E-state index contributed by atoms with van der Waals surface area (Å²) in [6.45, 7) is 6.48. The molecular weight excluding hydrogens is 341 g/mol. The molecule has 0 unspecified atom stereocenters. The lowest BCUT2D eigenvalue weighted by molar-refractivity contribution is -0.132. The molecule has 2 rings (SSSR count). The third kappa shape index (κ3) is 4.75. The second kappa shape index (κ2) is 9.10. The average molecular weight is 364 g/mol. The number of carbonyl (C=O) groups is 1. The lowest BCUT2D eigenvalue weighted by atomic mass is 10.0. The summed E-state index contributed by atoms with van der Waals surface area (Å²) in [5, 5.41) is 1.11. The Morgan fingerprint density at radius 3 is 2.75 bits per heavy atom. The molecule has 0 N–H and O–H groups in total. The molecule has 24 heavy (non-hydrogen) atoms. The van der Waals surface area contributed by atoms with E-state index in [0.29, 0.717) is 16.5 Å². The Bertz CT molecular complexity index is 636. The molecule has 1 aliphatic rings. The normalized spacial score (nSPS) is 20.4. The Labute approximate surface area is 154 Å². The molecule has 128 valence electrons. The highest BCUT2D eigenvalue weighted by molar-refractivity contribution is 6.40. The molecular formula is C20H23Cl2NO. The average Bonchev–Trinajstić information content (AvgIpc) is 2.98. The number of rotatable bonds is 7. The number of carbonyl (C=O) groups excluding carboxylic acids is 1. The van der Waals surface area contributed by atoms with Crippen molar-refractivity contribution in [2.45, 2.75) is 32.2 Å². The number of allylic oxidation sites excluding steroid dienone is 5. The maximum Gasteiger partial charge on any atom is 0.226 e. The Hall–Kier alpha value is -1.51. The van der Waals surface area contributed by atoms with Gasteiger partial charge in [0.15, 0.2) is 0 Å². The molecule has 1 aromatic rings. The second-order valence-electron chi connectivity index (χ2n) is 5.99. The van der Waals surface area contributed by atoms with Crippen LogP contribution in [-0.4, -0.2) is 17.4 Å². The van der Waals surface area contributed by atoms with E-state index in [2.05, 4.69) is 25.6 Å². The zero-order valence-corrected chi connectivity index (χ0v) is 15.4. The molecule has 0 spiro atoms. The van der Waals surface area contributed by atoms with Gasteiger partial charge in [0.2, 0.25) is 5.91 Å². The fourth-order valence-electron chi connectivity index (χ4n) is 2.99. The fraction of sp³-hybridized carbons (Fsp3) is 0.350. The molecule has 1 aromatic carbocycles. The number of hydrogen-bond acceptors (Lipinski definition) is 1. The van der Waals surface area contributed by atoms with Crippen molar-refractivity contribution in [1.82, 2.24) is 4.90 Å². The minimum Gasteiger partial charge on any atom is -0.336 e. The summed E-state index contributed by atoms with van der Waals surface area (Å²) in [7, 11) is 0. The van der Waals surface area contributed by atoms with Crippen molar-refractivity contribution in [2.75, 3.05) is 6.54 Å². The highest BCUT2D eigenvalue weighted by atomic mass is 35.5. The van der Waals surface area contributed by atoms with E-state index in [-0.39, 0.29) is 17.9 Å². The number of benzene rings is 1. The molecule has 0 bridgehead atoms. The van der Waals surface area contributed by atoms with Gasteiger partial charge in [-0.3, -0.25) is 4.79 Å². The Morgan fingerprint density at radius 1 is 1.38 bits per heavy atom. The Kier molecular flexibility index (Phi) is 7.14. The molecule has 0 aliphatic carbocycles. The minimum absolute atomic E-state index is 0.0257. The standard InChI is InChI=1S/C20H23Cl2NO/c1-3-4-10-18(21)19(22)12-11-17-13-14-23(20(17)24)15(2)16-8-6-5-7-9-16/h3-10,15,17H,1,11-14H2,2H3/b10-4-,19-18-/t15-,17+/m1/s1. The summed E-state index contributed by atoms with van der Waals surface area (Å²) >= 11 is 12.3. The van der Waals surface area contributed by atoms with Crippen LogP contribution in [0.2, 0.25) is 0 Å². The van der Waals surface area contributed by atoms with Crippen LogP contribution in [0.1, 0.15) is 37.8 Å². The number of hydrogen-bond donors (Lipinski definition) is 0. The van der Waals surface area contributed by atoms with E-state index in [9.17, 15) is 4.79 Å². The molecule has 1 amide bonds. The molecule has 1 saturated heterocycles. The quantitative estimate of drug-likeness (QED) is 0.559. The van der Waals surface area contributed by atoms with Gasteiger partial charge in [-0.25, -0.2) is 0 Å². The zero-order chi connectivity index (χ0) is 17.5. The number of likely N-dealkylation sites (tertiary alicyclic amines) is 1. The SMILES string of the molecule is C=C/C=C\C(Cl)=C(\Cl)CC[C@H]1CCN([C@H](C)c2ccccc2)C1=O. The largest absolute Gasteiger partial charge is 0.336 e. The molecule has 0 saturated carbocycles. The van der Waals surface area contributed by atoms with Crippen LogP contribution in [0.15, 0.2) is 65.2 Å². The van der Waals surface area contributed by atoms with E-state index in [4.69, 9.17) is 23.2 Å². The topological polar surface area (TPSA) is 20.3 Å². The summed E-state index contributed by atoms with van der Waals surface area (Å²) in [6, 6.07) is 10.2. The van der Waals surface area contributed by atoms with Crippen LogP contribution in [0.4, 0.5) is 0 Å². The molecule has 0 radical (unpaired) electrons. The summed E-state index contributed by atoms with van der Waals surface area (Å²) in [5.41, 5.74) is 1.17. The zero-order valence-electron chi connectivity index (χ0n) is 13.9. The molecule has 1 fully saturated rings. The number of nitrogens with zero attached hydrogens (tertiary/aromatic N) is 1. The summed E-state index contributed by atoms with van der Waals surface area (Å²) in [4.78, 5) is 14.7. The van der Waals surface area contributed by atoms with Crippen molar-refractivity contribution in [3.8, 4) is 0 Å². The van der Waals surface area contributed by atoms with E-state index in [1.807, 2.05) is 23.1 Å². The minimum atomic E-state index is 0.0257. The molecule has 1 aliphatic heterocycles. The first-order valence-corrected chi connectivity index (χ1v) is 8.99. The van der Waals surface area contributed by atoms with Crippen molar-refractivity contribution in [2.24, 2.45) is 5.92 Å². The highest BCUT2D eigenvalue weighted by Crippen LogP contribution is 2.32. The van der Waals surface area contributed by atoms with E-state index in [1.54, 1.807) is 18.2 Å². The van der Waals surface area contributed by atoms with Gasteiger partial charge in [0.25, 0.3) is 0 Å². The van der Waals surface area contributed by atoms with Crippen molar-refractivity contribution in [1.29, 1.82) is 0 Å². The number of amides is 1. The van der Waals surface area contributed by atoms with E-state index in [0.717, 1.165) is 19.4 Å². The predicted octanol–water partition coefficient (Wildman–Crippen LogP) is 5.81. The van der Waals surface area contributed by atoms with Crippen LogP contribution in [0.5, 0.6) is 0 Å². The first-order chi connectivity index (χ1) is 11.5. The monoisotopic (exact) mass is 363 g/mol. The van der Waals surface area contributed by atoms with Gasteiger partial charge < -0.3 is 4.90 Å². The van der Waals surface area contributed by atoms with Crippen molar-refractivity contribution in [3.63, 3.8) is 0 Å². The van der Waals surface area contributed by atoms with Gasteiger partial charge >= 0.3 is 0 Å². The molecule has 0 aromatic heterocycles. The maximum atomic E-state index is 12.7. The van der Waals surface area contributed by atoms with Crippen molar-refractivity contribution >= 4 is 29.1 Å². The Morgan fingerprint density at radius 2 is 2.08 bits per heavy atom. The highest BCUT2D eigenvalue weighted by Gasteiger charge is 2.34. The van der Waals surface area contributed by atoms with E-state index < -0.39 is 0 Å². The van der Waals surface area contributed by atoms with Crippen LogP contribution < -0.4 is 0 Å². The summed E-state index contributed by atoms with van der Waals surface area (Å²) < 4.78 is 0. The van der Waals surface area contributed by atoms with Crippen LogP contribution in [-0.2, 0) is 4.79 Å². The fourth-order valence-corrected chi connectivity index (χ4v) is 3.33. The maximum absolute atomic E-state index is 12.7. The van der Waals surface area contributed by atoms with Gasteiger partial charge in [-0.05, 0) is 37.8 Å². The molecule has 2 atom stereocenters. The molecule has 4 heteroatoms. The lowest BCUT2D eigenvalue weighted by Crippen LogP contribution is -2.30. The summed E-state index contributed by atoms with van der Waals surface area (Å²) in [6.07, 6.45) is 7.34. The number of halogens is 2. The molecule has 2 nitrogen and oxygen atoms in total. The summed E-state index contributed by atoms with van der Waals surface area (Å²) in [5.74, 6) is 0.242. The van der Waals surface area contributed by atoms with Crippen LogP contribution in [0.25, 0.3) is 0 Å². The third-order valence-electron chi connectivity index (χ3n) is 4.45. The van der Waals surface area contributed by atoms with Gasteiger partial charge in [0, 0.05) is 17.5 Å². The van der Waals surface area contributed by atoms with Crippen molar-refractivity contribution in [3.05, 3.63) is 70.8 Å². The van der Waals surface area contributed by atoms with Crippen LogP contribution in [0.3, 0.4) is 0 Å². The van der Waals surface area contributed by atoms with E-state index >= 15 is 0 Å². The van der Waals surface area contributed by atoms with Gasteiger partial charge in [-0.15, -0.1) is 0 Å². The third-order valence-corrected chi connectivity index (χ3v) is 5.29. The van der Waals surface area contributed by atoms with Gasteiger partial charge in [0.05, 0.1) is 11.1 Å². The lowest BCUT2D eigenvalue weighted by Gasteiger charge is -2.25. The first-order valence-electron chi connectivity index (χ1n) is 8.23. The van der Waals surface area contributed by atoms with Gasteiger partial charge in [-0.1, -0.05) is 72.3 Å². The van der Waals surface area contributed by atoms with Crippen LogP contribution in [0, 0.1) is 5.92 Å². The molecule has 1 heterocycles. The van der Waals surface area contributed by atoms with Gasteiger partial charge in [0.1, 0.15) is 0 Å². The van der Waals surface area contributed by atoms with Crippen molar-refractivity contribution < 1.29 is 4.79 Å². The van der Waals surface area contributed by atoms with E-state index in [1.165, 1.54) is 5.56 Å².